The molecule has 0 unspecified atom stereocenters. The Kier molecular flexibility index (Phi) is 5.52. The fraction of sp³-hybridized carbons (Fsp3) is 0.600. The third-order valence-electron chi connectivity index (χ3n) is 3.89. The zero-order chi connectivity index (χ0) is 15.2. The number of likely N-dealkylation sites (N-methyl/N-ethyl adjacent to an activating group) is 1. The van der Waals surface area contributed by atoms with Gasteiger partial charge in [-0.25, -0.2) is 0 Å². The number of benzene rings is 1. The lowest BCUT2D eigenvalue weighted by molar-refractivity contribution is -0.384. The van der Waals surface area contributed by atoms with Gasteiger partial charge in [-0.15, -0.1) is 0 Å². The van der Waals surface area contributed by atoms with Crippen molar-refractivity contribution in [2.24, 2.45) is 0 Å². The van der Waals surface area contributed by atoms with Gasteiger partial charge in [0.05, 0.1) is 4.92 Å². The maximum Gasteiger partial charge on any atom is 0.292 e. The number of rotatable bonds is 5. The van der Waals surface area contributed by atoms with Crippen LogP contribution in [0.2, 0.25) is 0 Å². The van der Waals surface area contributed by atoms with Gasteiger partial charge in [0.15, 0.2) is 0 Å². The van der Waals surface area contributed by atoms with Crippen LogP contribution in [0.25, 0.3) is 0 Å². The van der Waals surface area contributed by atoms with Crippen LogP contribution < -0.4 is 5.32 Å². The molecule has 116 valence electrons. The number of nitro groups is 1. The molecule has 1 aromatic rings. The van der Waals surface area contributed by atoms with Crippen molar-refractivity contribution in [3.63, 3.8) is 0 Å². The van der Waals surface area contributed by atoms with E-state index in [0.29, 0.717) is 12.2 Å². The van der Waals surface area contributed by atoms with E-state index >= 15 is 0 Å². The number of anilines is 1. The summed E-state index contributed by atoms with van der Waals surface area (Å²) in [6.07, 6.45) is 1.14. The van der Waals surface area contributed by atoms with E-state index in [9.17, 15) is 10.1 Å². The molecule has 0 atom stereocenters. The van der Waals surface area contributed by atoms with E-state index in [4.69, 9.17) is 0 Å². The van der Waals surface area contributed by atoms with E-state index in [2.05, 4.69) is 22.2 Å². The van der Waals surface area contributed by atoms with Crippen LogP contribution in [0.15, 0.2) is 18.2 Å². The average Bonchev–Trinajstić information content (AvgIpc) is 2.65. The molecule has 0 aliphatic carbocycles. The van der Waals surface area contributed by atoms with Crippen molar-refractivity contribution in [2.75, 3.05) is 45.1 Å². The standard InChI is InChI=1S/C15H24N4O2/c1-3-16-15-13(6-4-7-14(15)19(20)21)12-18-9-5-8-17(2)10-11-18/h4,6-7,16H,3,5,8-12H2,1-2H3. The normalized spacial score (nSPS) is 17.4. The van der Waals surface area contributed by atoms with Gasteiger partial charge in [0.1, 0.15) is 5.69 Å². The third kappa shape index (κ3) is 4.15. The van der Waals surface area contributed by atoms with Crippen molar-refractivity contribution in [1.82, 2.24) is 9.80 Å². The highest BCUT2D eigenvalue weighted by Crippen LogP contribution is 2.29. The quantitative estimate of drug-likeness (QED) is 0.665. The molecule has 2 rings (SSSR count). The van der Waals surface area contributed by atoms with Crippen molar-refractivity contribution in [1.29, 1.82) is 0 Å². The molecule has 21 heavy (non-hydrogen) atoms. The van der Waals surface area contributed by atoms with Gasteiger partial charge in [-0.3, -0.25) is 15.0 Å². The first kappa shape index (κ1) is 15.7. The molecule has 6 heteroatoms. The molecule has 0 bridgehead atoms. The van der Waals surface area contributed by atoms with Gasteiger partial charge >= 0.3 is 0 Å². The number of nitrogens with zero attached hydrogens (tertiary/aromatic N) is 3. The fourth-order valence-electron chi connectivity index (χ4n) is 2.75. The third-order valence-corrected chi connectivity index (χ3v) is 3.89. The molecular formula is C15H24N4O2. The molecular weight excluding hydrogens is 268 g/mol. The summed E-state index contributed by atoms with van der Waals surface area (Å²) in [6.45, 7) is 7.61. The average molecular weight is 292 g/mol. The lowest BCUT2D eigenvalue weighted by Crippen LogP contribution is -2.28. The molecule has 1 heterocycles. The predicted molar refractivity (Wildman–Crippen MR) is 84.7 cm³/mol. The Morgan fingerprint density at radius 3 is 2.81 bits per heavy atom. The van der Waals surface area contributed by atoms with E-state index < -0.39 is 0 Å². The van der Waals surface area contributed by atoms with E-state index in [0.717, 1.165) is 44.7 Å². The molecule has 1 fully saturated rings. The topological polar surface area (TPSA) is 61.6 Å². The highest BCUT2D eigenvalue weighted by molar-refractivity contribution is 5.66. The minimum Gasteiger partial charge on any atom is -0.380 e. The Balaban J connectivity index is 2.18. The van der Waals surface area contributed by atoms with E-state index in [1.807, 2.05) is 13.0 Å². The number of hydrogen-bond donors (Lipinski definition) is 1. The maximum atomic E-state index is 11.2. The monoisotopic (exact) mass is 292 g/mol. The minimum atomic E-state index is -0.308. The second kappa shape index (κ2) is 7.38. The van der Waals surface area contributed by atoms with Crippen LogP contribution in [-0.2, 0) is 6.54 Å². The van der Waals surface area contributed by atoms with Gasteiger partial charge in [0.25, 0.3) is 5.69 Å². The first-order chi connectivity index (χ1) is 10.1. The molecule has 0 radical (unpaired) electrons. The highest BCUT2D eigenvalue weighted by atomic mass is 16.6. The van der Waals surface area contributed by atoms with E-state index in [1.54, 1.807) is 12.1 Å². The van der Waals surface area contributed by atoms with Crippen LogP contribution in [0.1, 0.15) is 18.9 Å². The summed E-state index contributed by atoms with van der Waals surface area (Å²) in [5.74, 6) is 0. The van der Waals surface area contributed by atoms with Gasteiger partial charge < -0.3 is 10.2 Å². The molecule has 0 amide bonds. The zero-order valence-corrected chi connectivity index (χ0v) is 12.8. The number of nitro benzene ring substituents is 1. The molecule has 1 aliphatic heterocycles. The summed E-state index contributed by atoms with van der Waals surface area (Å²) >= 11 is 0. The Labute approximate surface area is 125 Å². The van der Waals surface area contributed by atoms with Crippen LogP contribution in [0.4, 0.5) is 11.4 Å². The summed E-state index contributed by atoms with van der Waals surface area (Å²) in [5, 5.41) is 14.3. The number of hydrogen-bond acceptors (Lipinski definition) is 5. The SMILES string of the molecule is CCNc1c(CN2CCCN(C)CC2)cccc1[N+](=O)[O-]. The first-order valence-corrected chi connectivity index (χ1v) is 7.53. The maximum absolute atomic E-state index is 11.2. The summed E-state index contributed by atoms with van der Waals surface area (Å²) in [6, 6.07) is 5.33. The predicted octanol–water partition coefficient (Wildman–Crippen LogP) is 2.16. The van der Waals surface area contributed by atoms with Gasteiger partial charge in [-0.2, -0.15) is 0 Å². The lowest BCUT2D eigenvalue weighted by atomic mass is 10.1. The molecule has 0 saturated carbocycles. The summed E-state index contributed by atoms with van der Waals surface area (Å²) in [4.78, 5) is 15.6. The molecule has 6 nitrogen and oxygen atoms in total. The van der Waals surface area contributed by atoms with Crippen LogP contribution in [0, 0.1) is 10.1 Å². The smallest absolute Gasteiger partial charge is 0.292 e. The van der Waals surface area contributed by atoms with Crippen molar-refractivity contribution in [3.05, 3.63) is 33.9 Å². The van der Waals surface area contributed by atoms with Gasteiger partial charge in [-0.05, 0) is 39.0 Å². The van der Waals surface area contributed by atoms with Crippen LogP contribution in [0.3, 0.4) is 0 Å². The fourth-order valence-corrected chi connectivity index (χ4v) is 2.75. The van der Waals surface area contributed by atoms with Crippen molar-refractivity contribution < 1.29 is 4.92 Å². The molecule has 0 spiro atoms. The van der Waals surface area contributed by atoms with Gasteiger partial charge in [-0.1, -0.05) is 12.1 Å². The molecule has 1 saturated heterocycles. The van der Waals surface area contributed by atoms with Crippen molar-refractivity contribution in [3.8, 4) is 0 Å². The van der Waals surface area contributed by atoms with Crippen molar-refractivity contribution >= 4 is 11.4 Å². The lowest BCUT2D eigenvalue weighted by Gasteiger charge is -2.21. The summed E-state index contributed by atoms with van der Waals surface area (Å²) < 4.78 is 0. The summed E-state index contributed by atoms with van der Waals surface area (Å²) in [7, 11) is 2.14. The number of nitrogens with one attached hydrogen (secondary N) is 1. The van der Waals surface area contributed by atoms with Crippen molar-refractivity contribution in [2.45, 2.75) is 19.9 Å². The number of para-hydroxylation sites is 1. The van der Waals surface area contributed by atoms with Crippen LogP contribution in [0.5, 0.6) is 0 Å². The van der Waals surface area contributed by atoms with Crippen LogP contribution >= 0.6 is 0 Å². The Hall–Kier alpha value is -1.66. The van der Waals surface area contributed by atoms with Gasteiger partial charge in [0, 0.05) is 32.2 Å². The molecule has 1 aromatic carbocycles. The van der Waals surface area contributed by atoms with Crippen LogP contribution in [-0.4, -0.2) is 54.5 Å². The second-order valence-electron chi connectivity index (χ2n) is 5.53. The first-order valence-electron chi connectivity index (χ1n) is 7.53. The summed E-state index contributed by atoms with van der Waals surface area (Å²) in [5.41, 5.74) is 1.85. The minimum absolute atomic E-state index is 0.168. The van der Waals surface area contributed by atoms with Gasteiger partial charge in [0.2, 0.25) is 0 Å². The highest BCUT2D eigenvalue weighted by Gasteiger charge is 2.19. The van der Waals surface area contributed by atoms with E-state index in [1.165, 1.54) is 0 Å². The zero-order valence-electron chi connectivity index (χ0n) is 12.8. The molecule has 1 N–H and O–H groups in total. The Bertz CT molecular complexity index is 493. The second-order valence-corrected chi connectivity index (χ2v) is 5.53. The van der Waals surface area contributed by atoms with E-state index in [-0.39, 0.29) is 10.6 Å². The molecule has 0 aromatic heterocycles. The Morgan fingerprint density at radius 2 is 2.10 bits per heavy atom. The Morgan fingerprint density at radius 1 is 1.29 bits per heavy atom. The largest absolute Gasteiger partial charge is 0.380 e. The molecule has 1 aliphatic rings.